The lowest BCUT2D eigenvalue weighted by Crippen LogP contribution is -2.11. The molecule has 0 fully saturated rings. The SMILES string of the molecule is CCCCC(C)C1=NC(C)CO1. The van der Waals surface area contributed by atoms with Crippen molar-refractivity contribution >= 4 is 5.90 Å². The highest BCUT2D eigenvalue weighted by atomic mass is 16.5. The summed E-state index contributed by atoms with van der Waals surface area (Å²) < 4.78 is 5.47. The third-order valence-corrected chi connectivity index (χ3v) is 2.23. The smallest absolute Gasteiger partial charge is 0.186 e. The molecule has 12 heavy (non-hydrogen) atoms. The predicted octanol–water partition coefficient (Wildman–Crippen LogP) is 2.63. The van der Waals surface area contributed by atoms with E-state index in [1.807, 2.05) is 0 Å². The summed E-state index contributed by atoms with van der Waals surface area (Å²) in [6, 6.07) is 0.379. The van der Waals surface area contributed by atoms with Crippen LogP contribution in [0.2, 0.25) is 0 Å². The van der Waals surface area contributed by atoms with Crippen LogP contribution in [0.5, 0.6) is 0 Å². The van der Waals surface area contributed by atoms with Crippen molar-refractivity contribution in [1.29, 1.82) is 0 Å². The van der Waals surface area contributed by atoms with Crippen molar-refractivity contribution in [3.05, 3.63) is 0 Å². The minimum absolute atomic E-state index is 0.379. The fraction of sp³-hybridized carbons (Fsp3) is 0.900. The van der Waals surface area contributed by atoms with Gasteiger partial charge in [-0.3, -0.25) is 0 Å². The van der Waals surface area contributed by atoms with Crippen LogP contribution in [0.15, 0.2) is 4.99 Å². The third-order valence-electron chi connectivity index (χ3n) is 2.23. The number of aliphatic imine (C=N–C) groups is 1. The first-order valence-corrected chi connectivity index (χ1v) is 4.94. The average molecular weight is 169 g/mol. The lowest BCUT2D eigenvalue weighted by Gasteiger charge is -2.09. The van der Waals surface area contributed by atoms with E-state index in [1.165, 1.54) is 19.3 Å². The molecular formula is C10H19NO. The van der Waals surface area contributed by atoms with Gasteiger partial charge < -0.3 is 4.74 Å². The van der Waals surface area contributed by atoms with Crippen LogP contribution in [0.25, 0.3) is 0 Å². The van der Waals surface area contributed by atoms with Crippen molar-refractivity contribution < 1.29 is 4.74 Å². The Balaban J connectivity index is 2.32. The van der Waals surface area contributed by atoms with E-state index in [1.54, 1.807) is 0 Å². The molecular weight excluding hydrogens is 150 g/mol. The van der Waals surface area contributed by atoms with Crippen LogP contribution < -0.4 is 0 Å². The number of rotatable bonds is 4. The lowest BCUT2D eigenvalue weighted by molar-refractivity contribution is 0.301. The quantitative estimate of drug-likeness (QED) is 0.634. The van der Waals surface area contributed by atoms with Gasteiger partial charge in [0, 0.05) is 5.92 Å². The Bertz CT molecular complexity index is 165. The van der Waals surface area contributed by atoms with Crippen LogP contribution in [-0.2, 0) is 4.74 Å². The number of unbranched alkanes of at least 4 members (excludes halogenated alkanes) is 1. The molecule has 1 aliphatic heterocycles. The molecule has 2 atom stereocenters. The van der Waals surface area contributed by atoms with E-state index in [9.17, 15) is 0 Å². The second-order valence-electron chi connectivity index (χ2n) is 3.67. The minimum atomic E-state index is 0.379. The van der Waals surface area contributed by atoms with E-state index in [2.05, 4.69) is 25.8 Å². The van der Waals surface area contributed by atoms with Crippen molar-refractivity contribution in [2.24, 2.45) is 10.9 Å². The van der Waals surface area contributed by atoms with Gasteiger partial charge in [0.05, 0.1) is 6.04 Å². The first-order chi connectivity index (χ1) is 5.74. The summed E-state index contributed by atoms with van der Waals surface area (Å²) >= 11 is 0. The number of hydrogen-bond donors (Lipinski definition) is 0. The monoisotopic (exact) mass is 169 g/mol. The Morgan fingerprint density at radius 1 is 1.67 bits per heavy atom. The minimum Gasteiger partial charge on any atom is -0.479 e. The maximum Gasteiger partial charge on any atom is 0.186 e. The molecule has 1 aliphatic rings. The van der Waals surface area contributed by atoms with Crippen LogP contribution >= 0.6 is 0 Å². The third kappa shape index (κ3) is 2.50. The zero-order valence-corrected chi connectivity index (χ0v) is 8.34. The van der Waals surface area contributed by atoms with Crippen molar-refractivity contribution in [3.8, 4) is 0 Å². The first kappa shape index (κ1) is 9.56. The Labute approximate surface area is 75.0 Å². The molecule has 2 unspecified atom stereocenters. The van der Waals surface area contributed by atoms with Crippen LogP contribution in [0.1, 0.15) is 40.0 Å². The van der Waals surface area contributed by atoms with Crippen molar-refractivity contribution in [1.82, 2.24) is 0 Å². The molecule has 0 aromatic heterocycles. The van der Waals surface area contributed by atoms with E-state index in [0.29, 0.717) is 12.0 Å². The Kier molecular flexibility index (Phi) is 3.57. The maximum absolute atomic E-state index is 5.47. The van der Waals surface area contributed by atoms with Crippen LogP contribution in [0.3, 0.4) is 0 Å². The summed E-state index contributed by atoms with van der Waals surface area (Å²) in [6.07, 6.45) is 3.74. The van der Waals surface area contributed by atoms with Crippen molar-refractivity contribution in [3.63, 3.8) is 0 Å². The molecule has 0 spiro atoms. The molecule has 0 aliphatic carbocycles. The van der Waals surface area contributed by atoms with Gasteiger partial charge in [-0.15, -0.1) is 0 Å². The van der Waals surface area contributed by atoms with E-state index >= 15 is 0 Å². The topological polar surface area (TPSA) is 21.6 Å². The van der Waals surface area contributed by atoms with Gasteiger partial charge in [-0.2, -0.15) is 0 Å². The highest BCUT2D eigenvalue weighted by Crippen LogP contribution is 2.15. The predicted molar refractivity (Wildman–Crippen MR) is 51.5 cm³/mol. The van der Waals surface area contributed by atoms with Gasteiger partial charge in [-0.05, 0) is 13.3 Å². The van der Waals surface area contributed by atoms with Crippen molar-refractivity contribution in [2.45, 2.75) is 46.1 Å². The first-order valence-electron chi connectivity index (χ1n) is 4.94. The van der Waals surface area contributed by atoms with Crippen LogP contribution in [0, 0.1) is 5.92 Å². The largest absolute Gasteiger partial charge is 0.479 e. The summed E-state index contributed by atoms with van der Waals surface area (Å²) in [5.74, 6) is 1.51. The Hall–Kier alpha value is -0.530. The zero-order chi connectivity index (χ0) is 8.97. The second-order valence-corrected chi connectivity index (χ2v) is 3.67. The zero-order valence-electron chi connectivity index (χ0n) is 8.34. The summed E-state index contributed by atoms with van der Waals surface area (Å²) in [5, 5.41) is 0. The van der Waals surface area contributed by atoms with E-state index < -0.39 is 0 Å². The van der Waals surface area contributed by atoms with Crippen molar-refractivity contribution in [2.75, 3.05) is 6.61 Å². The standard InChI is InChI=1S/C10H19NO/c1-4-5-6-8(2)10-11-9(3)7-12-10/h8-9H,4-7H2,1-3H3. The average Bonchev–Trinajstić information content (AvgIpc) is 2.47. The van der Waals surface area contributed by atoms with Gasteiger partial charge in [0.1, 0.15) is 6.61 Å². The molecule has 0 aromatic carbocycles. The molecule has 1 rings (SSSR count). The molecule has 1 heterocycles. The summed E-state index contributed by atoms with van der Waals surface area (Å²) in [6.45, 7) is 7.30. The summed E-state index contributed by atoms with van der Waals surface area (Å²) in [5.41, 5.74) is 0. The molecule has 2 nitrogen and oxygen atoms in total. The second kappa shape index (κ2) is 4.48. The molecule has 0 saturated heterocycles. The Morgan fingerprint density at radius 2 is 2.42 bits per heavy atom. The van der Waals surface area contributed by atoms with Gasteiger partial charge in [0.2, 0.25) is 0 Å². The molecule has 0 radical (unpaired) electrons. The van der Waals surface area contributed by atoms with Gasteiger partial charge in [-0.25, -0.2) is 4.99 Å². The van der Waals surface area contributed by atoms with Gasteiger partial charge in [0.15, 0.2) is 5.90 Å². The molecule has 0 aromatic rings. The maximum atomic E-state index is 5.47. The van der Waals surface area contributed by atoms with Crippen LogP contribution in [0.4, 0.5) is 0 Å². The molecule has 0 bridgehead atoms. The fourth-order valence-electron chi connectivity index (χ4n) is 1.40. The number of hydrogen-bond acceptors (Lipinski definition) is 2. The van der Waals surface area contributed by atoms with Gasteiger partial charge in [-0.1, -0.05) is 26.7 Å². The van der Waals surface area contributed by atoms with Gasteiger partial charge in [0.25, 0.3) is 0 Å². The highest BCUT2D eigenvalue weighted by Gasteiger charge is 2.19. The highest BCUT2D eigenvalue weighted by molar-refractivity contribution is 5.79. The van der Waals surface area contributed by atoms with E-state index in [4.69, 9.17) is 4.74 Å². The van der Waals surface area contributed by atoms with E-state index in [-0.39, 0.29) is 0 Å². The molecule has 0 amide bonds. The molecule has 0 N–H and O–H groups in total. The molecule has 0 saturated carbocycles. The number of nitrogens with zero attached hydrogens (tertiary/aromatic N) is 1. The normalized spacial score (nSPS) is 24.9. The number of ether oxygens (including phenoxy) is 1. The fourth-order valence-corrected chi connectivity index (χ4v) is 1.40. The molecule has 70 valence electrons. The lowest BCUT2D eigenvalue weighted by atomic mass is 10.0. The summed E-state index contributed by atoms with van der Waals surface area (Å²) in [4.78, 5) is 4.44. The Morgan fingerprint density at radius 3 is 2.92 bits per heavy atom. The van der Waals surface area contributed by atoms with Gasteiger partial charge >= 0.3 is 0 Å². The van der Waals surface area contributed by atoms with E-state index in [0.717, 1.165) is 12.5 Å². The summed E-state index contributed by atoms with van der Waals surface area (Å²) in [7, 11) is 0. The molecule has 2 heteroatoms. The van der Waals surface area contributed by atoms with Crippen LogP contribution in [-0.4, -0.2) is 18.5 Å².